The minimum absolute atomic E-state index is 0.417. The van der Waals surface area contributed by atoms with E-state index in [2.05, 4.69) is 4.98 Å². The summed E-state index contributed by atoms with van der Waals surface area (Å²) in [6.07, 6.45) is 0. The van der Waals surface area contributed by atoms with E-state index in [4.69, 9.17) is 21.1 Å². The molecular formula is C12H10ClNO3S. The molecule has 0 amide bonds. The second kappa shape index (κ2) is 5.37. The lowest BCUT2D eigenvalue weighted by molar-refractivity contribution is 0.226. The van der Waals surface area contributed by atoms with Gasteiger partial charge in [-0.1, -0.05) is 11.3 Å². The summed E-state index contributed by atoms with van der Waals surface area (Å²) in [6.45, 7) is 1.76. The number of ether oxygens (including phenoxy) is 2. The van der Waals surface area contributed by atoms with E-state index in [0.717, 1.165) is 16.3 Å². The molecule has 0 saturated heterocycles. The molecule has 2 aromatic rings. The van der Waals surface area contributed by atoms with Crippen molar-refractivity contribution in [3.05, 3.63) is 30.0 Å². The molecule has 0 aliphatic carbocycles. The molecule has 0 aliphatic heterocycles. The van der Waals surface area contributed by atoms with Crippen molar-refractivity contribution in [2.45, 2.75) is 6.92 Å². The molecule has 1 aromatic heterocycles. The number of rotatable bonds is 3. The SMILES string of the molecule is COc1ccc(-c2nc(C)c(OC(=O)Cl)s2)cc1. The summed E-state index contributed by atoms with van der Waals surface area (Å²) in [5.41, 5.74) is 0.712. The molecule has 1 aromatic carbocycles. The van der Waals surface area contributed by atoms with Gasteiger partial charge in [-0.05, 0) is 31.2 Å². The molecule has 6 heteroatoms. The average Bonchev–Trinajstić information content (AvgIpc) is 2.70. The maximum Gasteiger partial charge on any atom is 0.410 e. The molecule has 4 nitrogen and oxygen atoms in total. The first kappa shape index (κ1) is 12.9. The lowest BCUT2D eigenvalue weighted by Gasteiger charge is -1.99. The van der Waals surface area contributed by atoms with Crippen molar-refractivity contribution < 1.29 is 14.3 Å². The lowest BCUT2D eigenvalue weighted by Crippen LogP contribution is -1.94. The Morgan fingerprint density at radius 2 is 2.00 bits per heavy atom. The molecule has 0 spiro atoms. The fraction of sp³-hybridized carbons (Fsp3) is 0.167. The summed E-state index contributed by atoms with van der Waals surface area (Å²) in [6, 6.07) is 7.48. The molecule has 0 radical (unpaired) electrons. The number of hydrogen-bond donors (Lipinski definition) is 0. The van der Waals surface area contributed by atoms with E-state index in [0.29, 0.717) is 10.8 Å². The Bertz CT molecular complexity index is 565. The van der Waals surface area contributed by atoms with Gasteiger partial charge in [0.25, 0.3) is 0 Å². The van der Waals surface area contributed by atoms with Crippen molar-refractivity contribution in [3.63, 3.8) is 0 Å². The Labute approximate surface area is 113 Å². The molecule has 0 unspecified atom stereocenters. The molecule has 1 heterocycles. The first-order valence-corrected chi connectivity index (χ1v) is 6.29. The van der Waals surface area contributed by atoms with Crippen molar-refractivity contribution in [2.75, 3.05) is 7.11 Å². The zero-order valence-corrected chi connectivity index (χ0v) is 11.3. The Morgan fingerprint density at radius 1 is 1.33 bits per heavy atom. The highest BCUT2D eigenvalue weighted by Crippen LogP contribution is 2.34. The molecule has 2 rings (SSSR count). The monoisotopic (exact) mass is 283 g/mol. The van der Waals surface area contributed by atoms with Gasteiger partial charge in [0, 0.05) is 17.2 Å². The number of aromatic nitrogens is 1. The normalized spacial score (nSPS) is 10.2. The third-order valence-corrected chi connectivity index (χ3v) is 3.43. The number of carbonyl (C=O) groups is 1. The molecule has 0 bridgehead atoms. The summed E-state index contributed by atoms with van der Waals surface area (Å²) in [5, 5.41) is 1.18. The minimum atomic E-state index is -0.858. The quantitative estimate of drug-likeness (QED) is 0.803. The molecule has 0 aliphatic rings. The predicted molar refractivity (Wildman–Crippen MR) is 70.7 cm³/mol. The highest BCUT2D eigenvalue weighted by Gasteiger charge is 2.12. The van der Waals surface area contributed by atoms with E-state index < -0.39 is 5.43 Å². The maximum absolute atomic E-state index is 10.7. The van der Waals surface area contributed by atoms with Gasteiger partial charge in [-0.2, -0.15) is 0 Å². The van der Waals surface area contributed by atoms with Crippen LogP contribution in [0.3, 0.4) is 0 Å². The van der Waals surface area contributed by atoms with Crippen molar-refractivity contribution in [2.24, 2.45) is 0 Å². The van der Waals surface area contributed by atoms with Gasteiger partial charge in [0.2, 0.25) is 5.06 Å². The van der Waals surface area contributed by atoms with Crippen LogP contribution in [0.25, 0.3) is 10.6 Å². The number of aryl methyl sites for hydroxylation is 1. The average molecular weight is 284 g/mol. The van der Waals surface area contributed by atoms with Crippen LogP contribution < -0.4 is 9.47 Å². The summed E-state index contributed by atoms with van der Waals surface area (Å²) in [4.78, 5) is 15.0. The van der Waals surface area contributed by atoms with Crippen LogP contribution in [0.1, 0.15) is 5.69 Å². The smallest absolute Gasteiger partial charge is 0.410 e. The van der Waals surface area contributed by atoms with Gasteiger partial charge in [0.05, 0.1) is 12.8 Å². The van der Waals surface area contributed by atoms with Crippen LogP contribution in [0, 0.1) is 6.92 Å². The first-order valence-electron chi connectivity index (χ1n) is 5.09. The highest BCUT2D eigenvalue weighted by molar-refractivity contribution is 7.17. The maximum atomic E-state index is 10.7. The van der Waals surface area contributed by atoms with Crippen molar-refractivity contribution in [1.82, 2.24) is 4.98 Å². The second-order valence-corrected chi connectivity index (χ2v) is 4.73. The standard InChI is InChI=1S/C12H10ClNO3S/c1-7-11(17-12(13)15)18-10(14-7)8-3-5-9(16-2)6-4-8/h3-6H,1-2H3. The van der Waals surface area contributed by atoms with Crippen LogP contribution in [0.4, 0.5) is 4.79 Å². The molecule has 0 N–H and O–H groups in total. The summed E-state index contributed by atoms with van der Waals surface area (Å²) in [7, 11) is 1.61. The predicted octanol–water partition coefficient (Wildman–Crippen LogP) is 3.86. The van der Waals surface area contributed by atoms with Crippen LogP contribution in [0.5, 0.6) is 10.8 Å². The molecule has 94 valence electrons. The topological polar surface area (TPSA) is 48.4 Å². The highest BCUT2D eigenvalue weighted by atomic mass is 35.5. The number of halogens is 1. The molecule has 18 heavy (non-hydrogen) atoms. The van der Waals surface area contributed by atoms with E-state index in [1.807, 2.05) is 24.3 Å². The lowest BCUT2D eigenvalue weighted by atomic mass is 10.2. The Hall–Kier alpha value is -1.59. The molecular weight excluding hydrogens is 274 g/mol. The van der Waals surface area contributed by atoms with E-state index in [-0.39, 0.29) is 0 Å². The Balaban J connectivity index is 2.30. The zero-order valence-electron chi connectivity index (χ0n) is 9.77. The van der Waals surface area contributed by atoms with Gasteiger partial charge in [-0.15, -0.1) is 0 Å². The van der Waals surface area contributed by atoms with Gasteiger partial charge in [0.15, 0.2) is 0 Å². The third kappa shape index (κ3) is 2.80. The van der Waals surface area contributed by atoms with E-state index >= 15 is 0 Å². The van der Waals surface area contributed by atoms with E-state index in [1.54, 1.807) is 14.0 Å². The van der Waals surface area contributed by atoms with Crippen LogP contribution in [-0.2, 0) is 0 Å². The fourth-order valence-corrected chi connectivity index (χ4v) is 2.45. The molecule has 0 saturated carbocycles. The minimum Gasteiger partial charge on any atom is -0.497 e. The number of nitrogens with zero attached hydrogens (tertiary/aromatic N) is 1. The Morgan fingerprint density at radius 3 is 2.56 bits per heavy atom. The Kier molecular flexibility index (Phi) is 3.84. The van der Waals surface area contributed by atoms with Crippen LogP contribution >= 0.6 is 22.9 Å². The second-order valence-electron chi connectivity index (χ2n) is 3.46. The number of methoxy groups -OCH3 is 1. The van der Waals surface area contributed by atoms with Crippen LogP contribution in [0.2, 0.25) is 0 Å². The summed E-state index contributed by atoms with van der Waals surface area (Å²) < 4.78 is 9.93. The molecule has 0 atom stereocenters. The summed E-state index contributed by atoms with van der Waals surface area (Å²) in [5.74, 6) is 0.777. The van der Waals surface area contributed by atoms with Gasteiger partial charge < -0.3 is 9.47 Å². The fourth-order valence-electron chi connectivity index (χ4n) is 1.41. The summed E-state index contributed by atoms with van der Waals surface area (Å²) >= 11 is 6.46. The third-order valence-electron chi connectivity index (χ3n) is 2.26. The number of benzene rings is 1. The first-order chi connectivity index (χ1) is 8.60. The molecule has 0 fully saturated rings. The van der Waals surface area contributed by atoms with Gasteiger partial charge >= 0.3 is 5.43 Å². The number of carbonyl (C=O) groups excluding carboxylic acids is 1. The van der Waals surface area contributed by atoms with E-state index in [9.17, 15) is 4.79 Å². The van der Waals surface area contributed by atoms with Gasteiger partial charge in [-0.3, -0.25) is 0 Å². The van der Waals surface area contributed by atoms with E-state index in [1.165, 1.54) is 11.3 Å². The largest absolute Gasteiger partial charge is 0.497 e. The van der Waals surface area contributed by atoms with Crippen molar-refractivity contribution in [3.8, 4) is 21.4 Å². The van der Waals surface area contributed by atoms with Gasteiger partial charge in [0.1, 0.15) is 10.8 Å². The number of hydrogen-bond acceptors (Lipinski definition) is 5. The van der Waals surface area contributed by atoms with Crippen molar-refractivity contribution >= 4 is 28.4 Å². The van der Waals surface area contributed by atoms with Crippen molar-refractivity contribution in [1.29, 1.82) is 0 Å². The number of thiazole rings is 1. The van der Waals surface area contributed by atoms with Crippen LogP contribution in [0.15, 0.2) is 24.3 Å². The van der Waals surface area contributed by atoms with Gasteiger partial charge in [-0.25, -0.2) is 9.78 Å². The van der Waals surface area contributed by atoms with Crippen LogP contribution in [-0.4, -0.2) is 17.5 Å². The zero-order chi connectivity index (χ0) is 13.1.